The Morgan fingerprint density at radius 2 is 2.10 bits per heavy atom. The number of hydrogen-bond acceptors (Lipinski definition) is 3. The molecule has 1 aliphatic rings. The van der Waals surface area contributed by atoms with Gasteiger partial charge in [-0.2, -0.15) is 0 Å². The van der Waals surface area contributed by atoms with Gasteiger partial charge in [0, 0.05) is 16.8 Å². The van der Waals surface area contributed by atoms with Gasteiger partial charge in [0.15, 0.2) is 0 Å². The molecule has 3 N–H and O–H groups in total. The summed E-state index contributed by atoms with van der Waals surface area (Å²) in [4.78, 5) is 15.9. The van der Waals surface area contributed by atoms with Crippen molar-refractivity contribution in [1.82, 2.24) is 9.55 Å². The first kappa shape index (κ1) is 13.0. The van der Waals surface area contributed by atoms with Gasteiger partial charge in [0.2, 0.25) is 5.91 Å². The Hall–Kier alpha value is -2.01. The molecular formula is C14H15ClN4O. The molecule has 0 bridgehead atoms. The van der Waals surface area contributed by atoms with Crippen molar-refractivity contribution < 1.29 is 4.79 Å². The Bertz CT molecular complexity index is 618. The highest BCUT2D eigenvalue weighted by atomic mass is 35.5. The number of nitrogens with two attached hydrogens (primary N) is 1. The maximum Gasteiger partial charge on any atom is 0.246 e. The fraction of sp³-hybridized carbons (Fsp3) is 0.286. The molecular weight excluding hydrogens is 276 g/mol. The molecule has 6 heteroatoms. The van der Waals surface area contributed by atoms with Crippen LogP contribution in [0.25, 0.3) is 0 Å². The molecule has 5 nitrogen and oxygen atoms in total. The van der Waals surface area contributed by atoms with Crippen LogP contribution in [0.4, 0.5) is 5.69 Å². The maximum absolute atomic E-state index is 11.8. The number of imidazole rings is 1. The number of amides is 1. The third kappa shape index (κ3) is 2.63. The summed E-state index contributed by atoms with van der Waals surface area (Å²) >= 11 is 5.85. The van der Waals surface area contributed by atoms with Crippen molar-refractivity contribution in [2.24, 2.45) is 5.73 Å². The number of benzene rings is 1. The number of primary amides is 1. The summed E-state index contributed by atoms with van der Waals surface area (Å²) in [5.41, 5.74) is 7.12. The fourth-order valence-electron chi connectivity index (χ4n) is 2.20. The predicted molar refractivity (Wildman–Crippen MR) is 77.5 cm³/mol. The Morgan fingerprint density at radius 1 is 1.40 bits per heavy atom. The lowest BCUT2D eigenvalue weighted by atomic mass is 10.2. The minimum atomic E-state index is -0.598. The molecule has 1 aromatic heterocycles. The van der Waals surface area contributed by atoms with Gasteiger partial charge in [0.25, 0.3) is 0 Å². The number of hydrogen-bond donors (Lipinski definition) is 2. The van der Waals surface area contributed by atoms with Gasteiger partial charge in [-0.3, -0.25) is 4.79 Å². The van der Waals surface area contributed by atoms with Crippen molar-refractivity contribution in [3.63, 3.8) is 0 Å². The SMILES string of the molecule is NC(=O)C(Nc1ccc(Cl)cc1)c1cncn1C1CC1. The zero-order chi connectivity index (χ0) is 14.1. The van der Waals surface area contributed by atoms with Gasteiger partial charge >= 0.3 is 0 Å². The van der Waals surface area contributed by atoms with Crippen LogP contribution in [-0.4, -0.2) is 15.5 Å². The van der Waals surface area contributed by atoms with Gasteiger partial charge in [0.1, 0.15) is 6.04 Å². The Balaban J connectivity index is 1.87. The van der Waals surface area contributed by atoms with Gasteiger partial charge in [0.05, 0.1) is 18.2 Å². The first-order valence-corrected chi connectivity index (χ1v) is 6.86. The molecule has 0 aliphatic heterocycles. The number of carbonyl (C=O) groups excluding carboxylic acids is 1. The van der Waals surface area contributed by atoms with Gasteiger partial charge in [-0.1, -0.05) is 11.6 Å². The van der Waals surface area contributed by atoms with Gasteiger partial charge in [-0.25, -0.2) is 4.98 Å². The standard InChI is InChI=1S/C14H15ClN4O/c15-9-1-3-10(4-2-9)18-13(14(16)20)12-7-17-8-19(12)11-5-6-11/h1-4,7-8,11,13,18H,5-6H2,(H2,16,20). The van der Waals surface area contributed by atoms with E-state index in [1.54, 1.807) is 24.7 Å². The fourth-order valence-corrected chi connectivity index (χ4v) is 2.33. The van der Waals surface area contributed by atoms with Crippen molar-refractivity contribution >= 4 is 23.2 Å². The molecule has 1 saturated carbocycles. The maximum atomic E-state index is 11.8. The van der Waals surface area contributed by atoms with Gasteiger partial charge in [-0.05, 0) is 37.1 Å². The lowest BCUT2D eigenvalue weighted by Gasteiger charge is -2.18. The van der Waals surface area contributed by atoms with E-state index >= 15 is 0 Å². The topological polar surface area (TPSA) is 72.9 Å². The molecule has 20 heavy (non-hydrogen) atoms. The van der Waals surface area contributed by atoms with Crippen LogP contribution < -0.4 is 11.1 Å². The second-order valence-electron chi connectivity index (χ2n) is 4.94. The summed E-state index contributed by atoms with van der Waals surface area (Å²) in [6, 6.07) is 7.01. The molecule has 1 fully saturated rings. The summed E-state index contributed by atoms with van der Waals surface area (Å²) in [6.45, 7) is 0. The van der Waals surface area contributed by atoms with E-state index in [0.717, 1.165) is 24.2 Å². The number of rotatable bonds is 5. The van der Waals surface area contributed by atoms with E-state index in [2.05, 4.69) is 10.3 Å². The molecule has 1 aromatic carbocycles. The van der Waals surface area contributed by atoms with Crippen LogP contribution in [0.2, 0.25) is 5.02 Å². The van der Waals surface area contributed by atoms with E-state index in [-0.39, 0.29) is 0 Å². The average molecular weight is 291 g/mol. The monoisotopic (exact) mass is 290 g/mol. The van der Waals surface area contributed by atoms with Crippen molar-refractivity contribution in [1.29, 1.82) is 0 Å². The molecule has 2 aromatic rings. The second kappa shape index (κ2) is 5.17. The average Bonchev–Trinajstić information content (AvgIpc) is 3.16. The van der Waals surface area contributed by atoms with E-state index < -0.39 is 11.9 Å². The van der Waals surface area contributed by atoms with Gasteiger partial charge in [-0.15, -0.1) is 0 Å². The largest absolute Gasteiger partial charge is 0.369 e. The first-order valence-electron chi connectivity index (χ1n) is 6.48. The molecule has 1 unspecified atom stereocenters. The van der Waals surface area contributed by atoms with E-state index in [1.165, 1.54) is 0 Å². The number of carbonyl (C=O) groups is 1. The highest BCUT2D eigenvalue weighted by Gasteiger charge is 2.30. The lowest BCUT2D eigenvalue weighted by molar-refractivity contribution is -0.119. The van der Waals surface area contributed by atoms with Crippen LogP contribution in [0.5, 0.6) is 0 Å². The first-order chi connectivity index (χ1) is 9.65. The zero-order valence-electron chi connectivity index (χ0n) is 10.8. The van der Waals surface area contributed by atoms with E-state index in [4.69, 9.17) is 17.3 Å². The number of anilines is 1. The molecule has 104 valence electrons. The highest BCUT2D eigenvalue weighted by molar-refractivity contribution is 6.30. The second-order valence-corrected chi connectivity index (χ2v) is 5.38. The molecule has 1 aliphatic carbocycles. The minimum Gasteiger partial charge on any atom is -0.369 e. The third-order valence-electron chi connectivity index (χ3n) is 3.37. The van der Waals surface area contributed by atoms with Crippen LogP contribution in [0, 0.1) is 0 Å². The molecule has 1 heterocycles. The Morgan fingerprint density at radius 3 is 2.70 bits per heavy atom. The van der Waals surface area contributed by atoms with Crippen LogP contribution in [-0.2, 0) is 4.79 Å². The normalized spacial score (nSPS) is 15.8. The molecule has 0 saturated heterocycles. The van der Waals surface area contributed by atoms with E-state index in [0.29, 0.717) is 11.1 Å². The Kier molecular flexibility index (Phi) is 3.36. The molecule has 1 atom stereocenters. The number of nitrogens with one attached hydrogen (secondary N) is 1. The number of nitrogens with zero attached hydrogens (tertiary/aromatic N) is 2. The van der Waals surface area contributed by atoms with Crippen molar-refractivity contribution in [3.8, 4) is 0 Å². The summed E-state index contributed by atoms with van der Waals surface area (Å²) in [6.07, 6.45) is 5.69. The summed E-state index contributed by atoms with van der Waals surface area (Å²) in [7, 11) is 0. The summed E-state index contributed by atoms with van der Waals surface area (Å²) in [5.74, 6) is -0.428. The highest BCUT2D eigenvalue weighted by Crippen LogP contribution is 2.37. The van der Waals surface area contributed by atoms with Crippen LogP contribution in [0.3, 0.4) is 0 Å². The van der Waals surface area contributed by atoms with Crippen LogP contribution in [0.15, 0.2) is 36.8 Å². The molecule has 3 rings (SSSR count). The van der Waals surface area contributed by atoms with Crippen LogP contribution in [0.1, 0.15) is 30.6 Å². The minimum absolute atomic E-state index is 0.428. The zero-order valence-corrected chi connectivity index (χ0v) is 11.5. The summed E-state index contributed by atoms with van der Waals surface area (Å²) < 4.78 is 2.03. The van der Waals surface area contributed by atoms with Crippen molar-refractivity contribution in [2.45, 2.75) is 24.9 Å². The molecule has 1 amide bonds. The van der Waals surface area contributed by atoms with Crippen LogP contribution >= 0.6 is 11.6 Å². The number of halogens is 1. The smallest absolute Gasteiger partial charge is 0.246 e. The summed E-state index contributed by atoms with van der Waals surface area (Å²) in [5, 5.41) is 3.78. The third-order valence-corrected chi connectivity index (χ3v) is 3.62. The molecule has 0 spiro atoms. The van der Waals surface area contributed by atoms with Crippen molar-refractivity contribution in [2.75, 3.05) is 5.32 Å². The van der Waals surface area contributed by atoms with Gasteiger partial charge < -0.3 is 15.6 Å². The van der Waals surface area contributed by atoms with Crippen molar-refractivity contribution in [3.05, 3.63) is 47.5 Å². The van der Waals surface area contributed by atoms with E-state index in [9.17, 15) is 4.79 Å². The Labute approximate surface area is 121 Å². The quantitative estimate of drug-likeness (QED) is 0.888. The molecule has 0 radical (unpaired) electrons. The number of aromatic nitrogens is 2. The predicted octanol–water partition coefficient (Wildman–Crippen LogP) is 2.51. The van der Waals surface area contributed by atoms with E-state index in [1.807, 2.05) is 16.7 Å². The lowest BCUT2D eigenvalue weighted by Crippen LogP contribution is -2.29.